The quantitative estimate of drug-likeness (QED) is 0.229. The van der Waals surface area contributed by atoms with Crippen LogP contribution in [0.1, 0.15) is 56.0 Å². The molecule has 1 rings (SSSR count). The van der Waals surface area contributed by atoms with Crippen molar-refractivity contribution in [2.75, 3.05) is 20.1 Å². The minimum atomic E-state index is -0.0352. The van der Waals surface area contributed by atoms with E-state index in [1.807, 2.05) is 31.2 Å². The zero-order valence-corrected chi connectivity index (χ0v) is 18.2. The van der Waals surface area contributed by atoms with Crippen LogP contribution in [-0.2, 0) is 6.54 Å². The molecular weight excluding hydrogens is 427 g/mol. The highest BCUT2D eigenvalue weighted by Crippen LogP contribution is 2.06. The molecule has 0 heterocycles. The zero-order chi connectivity index (χ0) is 17.8. The van der Waals surface area contributed by atoms with Gasteiger partial charge in [-0.2, -0.15) is 0 Å². The van der Waals surface area contributed by atoms with Crippen LogP contribution in [-0.4, -0.2) is 32.0 Å². The lowest BCUT2D eigenvalue weighted by atomic mass is 10.1. The van der Waals surface area contributed by atoms with Crippen LogP contribution >= 0.6 is 24.0 Å². The lowest BCUT2D eigenvalue weighted by Crippen LogP contribution is -2.37. The first-order valence-corrected chi connectivity index (χ1v) is 8.88. The van der Waals surface area contributed by atoms with Gasteiger partial charge in [0.1, 0.15) is 0 Å². The molecule has 5 nitrogen and oxygen atoms in total. The fraction of sp³-hybridized carbons (Fsp3) is 0.579. The van der Waals surface area contributed by atoms with E-state index in [1.54, 1.807) is 7.05 Å². The van der Waals surface area contributed by atoms with Crippen LogP contribution in [0.25, 0.3) is 0 Å². The average Bonchev–Trinajstić information content (AvgIpc) is 2.57. The van der Waals surface area contributed by atoms with E-state index in [0.29, 0.717) is 18.7 Å². The standard InChI is InChI=1S/C19H32N4O.HI/c1-5-21-18(24)17-11-8-10-16(13-17)14-23-19(20-4)22-12-7-6-9-15(2)3;/h8,10-11,13,15H,5-7,9,12,14H2,1-4H3,(H,21,24)(H2,20,22,23);1H. The number of guanidine groups is 1. The summed E-state index contributed by atoms with van der Waals surface area (Å²) in [7, 11) is 1.77. The predicted molar refractivity (Wildman–Crippen MR) is 117 cm³/mol. The van der Waals surface area contributed by atoms with Crippen molar-refractivity contribution < 1.29 is 4.79 Å². The minimum absolute atomic E-state index is 0. The lowest BCUT2D eigenvalue weighted by molar-refractivity contribution is 0.0955. The Morgan fingerprint density at radius 1 is 1.16 bits per heavy atom. The normalized spacial score (nSPS) is 11.0. The molecule has 0 radical (unpaired) electrons. The Balaban J connectivity index is 0.00000576. The molecular formula is C19H33IN4O. The fourth-order valence-corrected chi connectivity index (χ4v) is 2.38. The van der Waals surface area contributed by atoms with Crippen LogP contribution in [0.2, 0.25) is 0 Å². The van der Waals surface area contributed by atoms with Crippen molar-refractivity contribution in [1.29, 1.82) is 0 Å². The molecule has 0 saturated heterocycles. The lowest BCUT2D eigenvalue weighted by Gasteiger charge is -2.13. The fourth-order valence-electron chi connectivity index (χ4n) is 2.38. The summed E-state index contributed by atoms with van der Waals surface area (Å²) < 4.78 is 0. The van der Waals surface area contributed by atoms with Crippen LogP contribution in [0.15, 0.2) is 29.3 Å². The van der Waals surface area contributed by atoms with E-state index in [1.165, 1.54) is 12.8 Å². The first-order chi connectivity index (χ1) is 11.6. The number of hydrogen-bond donors (Lipinski definition) is 3. The van der Waals surface area contributed by atoms with Crippen molar-refractivity contribution in [2.45, 2.75) is 46.6 Å². The van der Waals surface area contributed by atoms with Gasteiger partial charge in [-0.1, -0.05) is 38.8 Å². The van der Waals surface area contributed by atoms with Gasteiger partial charge in [-0.15, -0.1) is 24.0 Å². The van der Waals surface area contributed by atoms with E-state index in [4.69, 9.17) is 0 Å². The highest BCUT2D eigenvalue weighted by molar-refractivity contribution is 14.0. The van der Waals surface area contributed by atoms with Gasteiger partial charge in [-0.3, -0.25) is 9.79 Å². The van der Waals surface area contributed by atoms with Gasteiger partial charge >= 0.3 is 0 Å². The second kappa shape index (κ2) is 13.9. The largest absolute Gasteiger partial charge is 0.356 e. The highest BCUT2D eigenvalue weighted by Gasteiger charge is 2.05. The van der Waals surface area contributed by atoms with Gasteiger partial charge in [0.25, 0.3) is 5.91 Å². The number of amides is 1. The number of aliphatic imine (C=N–C) groups is 1. The van der Waals surface area contributed by atoms with Gasteiger partial charge in [0, 0.05) is 32.2 Å². The Hall–Kier alpha value is -1.31. The monoisotopic (exact) mass is 460 g/mol. The van der Waals surface area contributed by atoms with E-state index in [-0.39, 0.29) is 29.9 Å². The molecule has 3 N–H and O–H groups in total. The molecule has 0 spiro atoms. The number of nitrogens with zero attached hydrogens (tertiary/aromatic N) is 1. The molecule has 6 heteroatoms. The summed E-state index contributed by atoms with van der Waals surface area (Å²) in [5.74, 6) is 1.52. The van der Waals surface area contributed by atoms with Crippen LogP contribution in [0.3, 0.4) is 0 Å². The summed E-state index contributed by atoms with van der Waals surface area (Å²) in [5, 5.41) is 9.44. The van der Waals surface area contributed by atoms with E-state index in [2.05, 4.69) is 34.8 Å². The second-order valence-electron chi connectivity index (χ2n) is 6.30. The summed E-state index contributed by atoms with van der Waals surface area (Å²) in [6, 6.07) is 7.65. The van der Waals surface area contributed by atoms with Crippen LogP contribution < -0.4 is 16.0 Å². The summed E-state index contributed by atoms with van der Waals surface area (Å²) in [5.41, 5.74) is 1.74. The number of unbranched alkanes of at least 4 members (excludes halogenated alkanes) is 1. The number of benzene rings is 1. The maximum atomic E-state index is 11.9. The summed E-state index contributed by atoms with van der Waals surface area (Å²) in [6.45, 7) is 8.62. The maximum Gasteiger partial charge on any atom is 0.251 e. The summed E-state index contributed by atoms with van der Waals surface area (Å²) in [4.78, 5) is 16.1. The van der Waals surface area contributed by atoms with Crippen molar-refractivity contribution in [3.8, 4) is 0 Å². The maximum absolute atomic E-state index is 11.9. The topological polar surface area (TPSA) is 65.5 Å². The Kier molecular flexibility index (Phi) is 13.2. The van der Waals surface area contributed by atoms with Crippen molar-refractivity contribution in [1.82, 2.24) is 16.0 Å². The number of rotatable bonds is 9. The molecule has 0 aliphatic rings. The molecule has 25 heavy (non-hydrogen) atoms. The molecule has 1 aromatic carbocycles. The first kappa shape index (κ1) is 23.7. The summed E-state index contributed by atoms with van der Waals surface area (Å²) in [6.07, 6.45) is 3.64. The first-order valence-electron chi connectivity index (χ1n) is 8.88. The number of nitrogens with one attached hydrogen (secondary N) is 3. The average molecular weight is 460 g/mol. The van der Waals surface area contributed by atoms with E-state index in [9.17, 15) is 4.79 Å². The molecule has 0 aliphatic carbocycles. The van der Waals surface area contributed by atoms with Crippen LogP contribution in [0.5, 0.6) is 0 Å². The highest BCUT2D eigenvalue weighted by atomic mass is 127. The third-order valence-corrected chi connectivity index (χ3v) is 3.71. The van der Waals surface area contributed by atoms with E-state index >= 15 is 0 Å². The molecule has 0 saturated carbocycles. The SMILES string of the molecule is CCNC(=O)c1cccc(CNC(=NC)NCCCCC(C)C)c1.I. The van der Waals surface area contributed by atoms with Gasteiger partial charge in [0.15, 0.2) is 5.96 Å². The molecule has 142 valence electrons. The van der Waals surface area contributed by atoms with Crippen molar-refractivity contribution in [3.05, 3.63) is 35.4 Å². The van der Waals surface area contributed by atoms with E-state index < -0.39 is 0 Å². The molecule has 0 fully saturated rings. The Morgan fingerprint density at radius 2 is 1.92 bits per heavy atom. The van der Waals surface area contributed by atoms with Crippen LogP contribution in [0.4, 0.5) is 0 Å². The Labute approximate surface area is 169 Å². The van der Waals surface area contributed by atoms with Crippen molar-refractivity contribution >= 4 is 35.8 Å². The van der Waals surface area contributed by atoms with Gasteiger partial charge < -0.3 is 16.0 Å². The van der Waals surface area contributed by atoms with Crippen LogP contribution in [0, 0.1) is 5.92 Å². The van der Waals surface area contributed by atoms with Crippen molar-refractivity contribution in [3.63, 3.8) is 0 Å². The Bertz CT molecular complexity index is 532. The minimum Gasteiger partial charge on any atom is -0.356 e. The molecule has 1 aromatic rings. The summed E-state index contributed by atoms with van der Waals surface area (Å²) >= 11 is 0. The van der Waals surface area contributed by atoms with Gasteiger partial charge in [0.05, 0.1) is 0 Å². The van der Waals surface area contributed by atoms with E-state index in [0.717, 1.165) is 30.4 Å². The number of carbonyl (C=O) groups excluding carboxylic acids is 1. The molecule has 0 aromatic heterocycles. The second-order valence-corrected chi connectivity index (χ2v) is 6.30. The number of hydrogen-bond acceptors (Lipinski definition) is 2. The van der Waals surface area contributed by atoms with Gasteiger partial charge in [-0.25, -0.2) is 0 Å². The molecule has 0 unspecified atom stereocenters. The van der Waals surface area contributed by atoms with Gasteiger partial charge in [-0.05, 0) is 37.0 Å². The molecule has 1 amide bonds. The predicted octanol–water partition coefficient (Wildman–Crippen LogP) is 3.55. The third-order valence-electron chi connectivity index (χ3n) is 3.71. The Morgan fingerprint density at radius 3 is 2.56 bits per heavy atom. The zero-order valence-electron chi connectivity index (χ0n) is 15.9. The molecule has 0 bridgehead atoms. The number of halogens is 1. The molecule has 0 aliphatic heterocycles. The number of carbonyl (C=O) groups is 1. The van der Waals surface area contributed by atoms with Crippen molar-refractivity contribution in [2.24, 2.45) is 10.9 Å². The molecule has 0 atom stereocenters. The third kappa shape index (κ3) is 10.3. The smallest absolute Gasteiger partial charge is 0.251 e. The van der Waals surface area contributed by atoms with Gasteiger partial charge in [0.2, 0.25) is 0 Å².